The lowest BCUT2D eigenvalue weighted by molar-refractivity contribution is -0.919. The van der Waals surface area contributed by atoms with Crippen LogP contribution in [0.3, 0.4) is 0 Å². The van der Waals surface area contributed by atoms with Crippen molar-refractivity contribution in [2.45, 2.75) is 56.3 Å². The summed E-state index contributed by atoms with van der Waals surface area (Å²) in [4.78, 5) is 13.8. The number of unbranched alkanes of at least 4 members (excludes halogenated alkanes) is 1. The summed E-state index contributed by atoms with van der Waals surface area (Å²) in [6, 6.07) is 25.2. The molecular formula is C33H37NO4. The largest absolute Gasteiger partial charge is 0.834 e. The van der Waals surface area contributed by atoms with Crippen molar-refractivity contribution in [3.8, 4) is 11.5 Å². The number of nitrogens with zero attached hydrogens (tertiary/aromatic N) is 1. The van der Waals surface area contributed by atoms with Gasteiger partial charge in [0.2, 0.25) is 0 Å². The molecule has 1 heterocycles. The molecule has 4 atom stereocenters. The first kappa shape index (κ1) is 25.1. The number of ether oxygens (including phenoxy) is 2. The lowest BCUT2D eigenvalue weighted by Crippen LogP contribution is -2.54. The summed E-state index contributed by atoms with van der Waals surface area (Å²) in [6.45, 7) is 1.11. The molecule has 2 unspecified atom stereocenters. The number of hydrogen-bond donors (Lipinski definition) is 0. The molecule has 0 radical (unpaired) electrons. The van der Waals surface area contributed by atoms with Crippen molar-refractivity contribution in [2.24, 2.45) is 11.8 Å². The van der Waals surface area contributed by atoms with E-state index in [1.165, 1.54) is 24.8 Å². The van der Waals surface area contributed by atoms with Crippen LogP contribution in [-0.2, 0) is 21.6 Å². The molecule has 38 heavy (non-hydrogen) atoms. The van der Waals surface area contributed by atoms with Crippen LogP contribution < -0.4 is 9.84 Å². The van der Waals surface area contributed by atoms with Gasteiger partial charge in [-0.3, -0.25) is 4.79 Å². The Balaban J connectivity index is 1.16. The van der Waals surface area contributed by atoms with Crippen LogP contribution in [0.2, 0.25) is 0 Å². The van der Waals surface area contributed by atoms with Crippen LogP contribution >= 0.6 is 0 Å². The second kappa shape index (κ2) is 9.87. The topological polar surface area (TPSA) is 58.6 Å². The Morgan fingerprint density at radius 2 is 1.55 bits per heavy atom. The number of carbonyl (C=O) groups is 1. The summed E-state index contributed by atoms with van der Waals surface area (Å²) in [6.07, 6.45) is 6.32. The molecule has 198 valence electrons. The van der Waals surface area contributed by atoms with Gasteiger partial charge in [-0.05, 0) is 56.2 Å². The number of rotatable bonds is 8. The van der Waals surface area contributed by atoms with E-state index >= 15 is 0 Å². The molecule has 0 N–H and O–H groups in total. The van der Waals surface area contributed by atoms with Crippen molar-refractivity contribution in [2.75, 3.05) is 20.6 Å². The van der Waals surface area contributed by atoms with Gasteiger partial charge in [0.15, 0.2) is 0 Å². The standard InChI is InChI=1S/C33H37NO4/c1-34(2,21-11-10-14-23-12-4-3-5-13-23)31-24-19-20-25(31)30(22-24)38-32(35)33(36)26-15-6-8-17-28(26)37-29-18-9-7-16-27(29)33/h3-9,12-13,15-18,24-25,30-31H,10-11,14,19-22H2,1-2H3/t24?,25-,30-,31?/m1/s1. The summed E-state index contributed by atoms with van der Waals surface area (Å²) < 4.78 is 13.1. The second-order valence-electron chi connectivity index (χ2n) is 11.9. The summed E-state index contributed by atoms with van der Waals surface area (Å²) in [5, 5.41) is 14.5. The minimum atomic E-state index is -2.13. The zero-order valence-electron chi connectivity index (χ0n) is 22.3. The quantitative estimate of drug-likeness (QED) is 0.237. The van der Waals surface area contributed by atoms with Crippen LogP contribution in [0.1, 0.15) is 48.8 Å². The van der Waals surface area contributed by atoms with E-state index in [4.69, 9.17) is 9.47 Å². The molecule has 3 aromatic carbocycles. The van der Waals surface area contributed by atoms with Crippen LogP contribution in [0, 0.1) is 11.8 Å². The van der Waals surface area contributed by atoms with E-state index in [2.05, 4.69) is 44.4 Å². The maximum absolute atomic E-state index is 14.5. The third-order valence-electron chi connectivity index (χ3n) is 9.20. The fraction of sp³-hybridized carbons (Fsp3) is 0.424. The van der Waals surface area contributed by atoms with Crippen molar-refractivity contribution >= 4 is 5.97 Å². The maximum atomic E-state index is 14.5. The lowest BCUT2D eigenvalue weighted by atomic mass is 9.83. The Morgan fingerprint density at radius 3 is 2.24 bits per heavy atom. The number of para-hydroxylation sites is 2. The van der Waals surface area contributed by atoms with Gasteiger partial charge in [-0.2, -0.15) is 0 Å². The summed E-state index contributed by atoms with van der Waals surface area (Å²) >= 11 is 0. The molecule has 3 aliphatic rings. The van der Waals surface area contributed by atoms with Crippen LogP contribution in [0.15, 0.2) is 78.9 Å². The first-order valence-corrected chi connectivity index (χ1v) is 14.0. The Hall–Kier alpha value is -3.15. The summed E-state index contributed by atoms with van der Waals surface area (Å²) in [5.41, 5.74) is -0.0747. The lowest BCUT2D eigenvalue weighted by Gasteiger charge is -2.44. The van der Waals surface area contributed by atoms with Crippen LogP contribution in [-0.4, -0.2) is 43.2 Å². The number of benzene rings is 3. The van der Waals surface area contributed by atoms with Gasteiger partial charge in [-0.1, -0.05) is 66.7 Å². The van der Waals surface area contributed by atoms with Crippen molar-refractivity contribution in [3.05, 3.63) is 95.6 Å². The van der Waals surface area contributed by atoms with Gasteiger partial charge >= 0.3 is 5.97 Å². The van der Waals surface area contributed by atoms with Crippen molar-refractivity contribution in [3.63, 3.8) is 0 Å². The first-order chi connectivity index (χ1) is 18.4. The predicted octanol–water partition coefficient (Wildman–Crippen LogP) is 5.21. The number of quaternary nitrogens is 1. The molecular weight excluding hydrogens is 474 g/mol. The Labute approximate surface area is 225 Å². The van der Waals surface area contributed by atoms with Crippen molar-refractivity contribution < 1.29 is 23.9 Å². The fourth-order valence-electron chi connectivity index (χ4n) is 7.50. The molecule has 2 bridgehead atoms. The van der Waals surface area contributed by atoms with E-state index < -0.39 is 11.6 Å². The maximum Gasteiger partial charge on any atom is 0.304 e. The number of hydrogen-bond acceptors (Lipinski definition) is 4. The number of aryl methyl sites for hydroxylation is 1. The Bertz CT molecular complexity index is 1260. The second-order valence-corrected chi connectivity index (χ2v) is 11.9. The first-order valence-electron chi connectivity index (χ1n) is 14.0. The highest BCUT2D eigenvalue weighted by Crippen LogP contribution is 2.52. The van der Waals surface area contributed by atoms with Gasteiger partial charge in [0, 0.05) is 28.6 Å². The monoisotopic (exact) mass is 511 g/mol. The Morgan fingerprint density at radius 1 is 0.921 bits per heavy atom. The third kappa shape index (κ3) is 4.32. The van der Waals surface area contributed by atoms with E-state index in [9.17, 15) is 9.90 Å². The molecule has 1 aliphatic heterocycles. The SMILES string of the molecule is C[N+](C)(CCCCc1ccccc1)C1C2CC[C@@H]1[C@H](OC(=O)C1([O-])c3ccccc3Oc3ccccc31)C2. The highest BCUT2D eigenvalue weighted by Gasteiger charge is 2.57. The molecule has 0 spiro atoms. The molecule has 0 saturated heterocycles. The van der Waals surface area contributed by atoms with E-state index in [1.54, 1.807) is 36.4 Å². The Kier molecular flexibility index (Phi) is 6.53. The zero-order chi connectivity index (χ0) is 26.3. The molecule has 2 saturated carbocycles. The molecule has 6 rings (SSSR count). The molecule has 0 aromatic heterocycles. The van der Waals surface area contributed by atoms with Crippen LogP contribution in [0.4, 0.5) is 0 Å². The highest BCUT2D eigenvalue weighted by atomic mass is 16.6. The molecule has 2 fully saturated rings. The van der Waals surface area contributed by atoms with Crippen molar-refractivity contribution in [1.82, 2.24) is 0 Å². The molecule has 0 amide bonds. The van der Waals surface area contributed by atoms with Gasteiger partial charge in [0.1, 0.15) is 17.6 Å². The number of fused-ring (bicyclic) bond motifs is 4. The van der Waals surface area contributed by atoms with Gasteiger partial charge < -0.3 is 19.1 Å². The number of esters is 1. The summed E-state index contributed by atoms with van der Waals surface area (Å²) in [5.74, 6) is 0.973. The van der Waals surface area contributed by atoms with Gasteiger partial charge in [-0.25, -0.2) is 0 Å². The smallest absolute Gasteiger partial charge is 0.304 e. The van der Waals surface area contributed by atoms with Crippen molar-refractivity contribution in [1.29, 1.82) is 0 Å². The normalized spacial score (nSPS) is 24.8. The average molecular weight is 512 g/mol. The molecule has 3 aromatic rings. The minimum absolute atomic E-state index is 0.207. The fourth-order valence-corrected chi connectivity index (χ4v) is 7.50. The highest BCUT2D eigenvalue weighted by molar-refractivity contribution is 5.88. The molecule has 5 nitrogen and oxygen atoms in total. The van der Waals surface area contributed by atoms with Gasteiger partial charge in [-0.15, -0.1) is 0 Å². The minimum Gasteiger partial charge on any atom is -0.834 e. The number of carbonyl (C=O) groups excluding carboxylic acids is 1. The predicted molar refractivity (Wildman–Crippen MR) is 145 cm³/mol. The average Bonchev–Trinajstić information content (AvgIpc) is 3.51. The van der Waals surface area contributed by atoms with Crippen LogP contribution in [0.25, 0.3) is 0 Å². The summed E-state index contributed by atoms with van der Waals surface area (Å²) in [7, 11) is 4.67. The van der Waals surface area contributed by atoms with Gasteiger partial charge in [0.25, 0.3) is 0 Å². The van der Waals surface area contributed by atoms with E-state index in [0.29, 0.717) is 40.5 Å². The van der Waals surface area contributed by atoms with Crippen LogP contribution in [0.5, 0.6) is 11.5 Å². The zero-order valence-corrected chi connectivity index (χ0v) is 22.3. The molecule has 5 heteroatoms. The van der Waals surface area contributed by atoms with E-state index in [0.717, 1.165) is 30.3 Å². The third-order valence-corrected chi connectivity index (χ3v) is 9.20. The van der Waals surface area contributed by atoms with E-state index in [-0.39, 0.29) is 6.10 Å². The van der Waals surface area contributed by atoms with Gasteiger partial charge in [0.05, 0.1) is 26.7 Å². The molecule has 2 aliphatic carbocycles. The van der Waals surface area contributed by atoms with E-state index in [1.807, 2.05) is 12.1 Å².